The molecule has 1 aromatic carbocycles. The molecule has 1 amide bonds. The Kier molecular flexibility index (Phi) is 4.65. The zero-order valence-electron chi connectivity index (χ0n) is 13.9. The molecule has 0 atom stereocenters. The van der Waals surface area contributed by atoms with E-state index in [1.807, 2.05) is 0 Å². The molecular weight excluding hydrogens is 328 g/mol. The van der Waals surface area contributed by atoms with Crippen molar-refractivity contribution in [1.29, 1.82) is 0 Å². The second-order valence-electron chi connectivity index (χ2n) is 6.48. The highest BCUT2D eigenvalue weighted by molar-refractivity contribution is 7.89. The SMILES string of the molecule is CCN1CCN(S(=O)(=O)c2cccc(NC(=O)C3(N)CC3)c2)CC1. The van der Waals surface area contributed by atoms with Gasteiger partial charge in [-0.15, -0.1) is 0 Å². The number of hydrogen-bond donors (Lipinski definition) is 2. The van der Waals surface area contributed by atoms with E-state index >= 15 is 0 Å². The number of carbonyl (C=O) groups is 1. The number of sulfonamides is 1. The number of nitrogens with two attached hydrogens (primary N) is 1. The highest BCUT2D eigenvalue weighted by Gasteiger charge is 2.46. The number of nitrogens with one attached hydrogen (secondary N) is 1. The number of likely N-dealkylation sites (N-methyl/N-ethyl adjacent to an activating group) is 1. The van der Waals surface area contributed by atoms with Gasteiger partial charge < -0.3 is 16.0 Å². The Morgan fingerprint density at radius 2 is 1.92 bits per heavy atom. The molecule has 1 saturated heterocycles. The van der Waals surface area contributed by atoms with Crippen LogP contribution >= 0.6 is 0 Å². The summed E-state index contributed by atoms with van der Waals surface area (Å²) in [7, 11) is -3.55. The van der Waals surface area contributed by atoms with Crippen molar-refractivity contribution in [2.24, 2.45) is 5.73 Å². The fourth-order valence-electron chi connectivity index (χ4n) is 2.79. The number of anilines is 1. The Balaban J connectivity index is 1.74. The number of benzene rings is 1. The van der Waals surface area contributed by atoms with E-state index in [0.29, 0.717) is 31.6 Å². The lowest BCUT2D eigenvalue weighted by molar-refractivity contribution is -0.118. The van der Waals surface area contributed by atoms with Crippen molar-refractivity contribution in [3.63, 3.8) is 0 Å². The maximum Gasteiger partial charge on any atom is 0.244 e. The number of carbonyl (C=O) groups excluding carboxylic acids is 1. The fraction of sp³-hybridized carbons (Fsp3) is 0.562. The number of amides is 1. The molecule has 0 spiro atoms. The first kappa shape index (κ1) is 17.3. The lowest BCUT2D eigenvalue weighted by Crippen LogP contribution is -2.48. The van der Waals surface area contributed by atoms with E-state index in [-0.39, 0.29) is 10.8 Å². The van der Waals surface area contributed by atoms with Gasteiger partial charge in [-0.05, 0) is 37.6 Å². The average Bonchev–Trinajstić information content (AvgIpc) is 3.34. The van der Waals surface area contributed by atoms with Gasteiger partial charge in [0.05, 0.1) is 10.4 Å². The van der Waals surface area contributed by atoms with Gasteiger partial charge in [0.1, 0.15) is 0 Å². The van der Waals surface area contributed by atoms with Crippen molar-refractivity contribution in [1.82, 2.24) is 9.21 Å². The van der Waals surface area contributed by atoms with E-state index in [1.165, 1.54) is 10.4 Å². The van der Waals surface area contributed by atoms with Crippen LogP contribution in [0.25, 0.3) is 0 Å². The molecule has 8 heteroatoms. The molecule has 0 radical (unpaired) electrons. The van der Waals surface area contributed by atoms with Crippen LogP contribution in [0.1, 0.15) is 19.8 Å². The molecule has 3 rings (SSSR count). The maximum atomic E-state index is 12.8. The topological polar surface area (TPSA) is 95.7 Å². The van der Waals surface area contributed by atoms with Gasteiger partial charge >= 0.3 is 0 Å². The van der Waals surface area contributed by atoms with Gasteiger partial charge in [-0.2, -0.15) is 4.31 Å². The number of hydrogen-bond acceptors (Lipinski definition) is 5. The van der Waals surface area contributed by atoms with E-state index in [0.717, 1.165) is 19.6 Å². The van der Waals surface area contributed by atoms with Crippen molar-refractivity contribution in [3.05, 3.63) is 24.3 Å². The van der Waals surface area contributed by atoms with Crippen LogP contribution in [0.2, 0.25) is 0 Å². The summed E-state index contributed by atoms with van der Waals surface area (Å²) in [5.74, 6) is -0.256. The van der Waals surface area contributed by atoms with E-state index in [9.17, 15) is 13.2 Å². The first-order valence-electron chi connectivity index (χ1n) is 8.28. The summed E-state index contributed by atoms with van der Waals surface area (Å²) in [5, 5.41) is 2.72. The Morgan fingerprint density at radius 1 is 1.25 bits per heavy atom. The summed E-state index contributed by atoms with van der Waals surface area (Å²) in [6.45, 7) is 5.44. The summed E-state index contributed by atoms with van der Waals surface area (Å²) >= 11 is 0. The zero-order chi connectivity index (χ0) is 17.4. The molecule has 3 N–H and O–H groups in total. The first-order chi connectivity index (χ1) is 11.3. The molecule has 0 unspecified atom stereocenters. The molecule has 2 fully saturated rings. The smallest absolute Gasteiger partial charge is 0.244 e. The van der Waals surface area contributed by atoms with Gasteiger partial charge in [-0.1, -0.05) is 13.0 Å². The molecule has 2 aliphatic rings. The largest absolute Gasteiger partial charge is 0.324 e. The predicted molar refractivity (Wildman–Crippen MR) is 92.1 cm³/mol. The minimum atomic E-state index is -3.55. The minimum absolute atomic E-state index is 0.201. The van der Waals surface area contributed by atoms with Gasteiger partial charge in [-0.3, -0.25) is 4.79 Å². The summed E-state index contributed by atoms with van der Waals surface area (Å²) in [6.07, 6.45) is 1.33. The van der Waals surface area contributed by atoms with E-state index in [4.69, 9.17) is 5.73 Å². The molecule has 0 aromatic heterocycles. The highest BCUT2D eigenvalue weighted by Crippen LogP contribution is 2.33. The zero-order valence-corrected chi connectivity index (χ0v) is 14.7. The second-order valence-corrected chi connectivity index (χ2v) is 8.41. The van der Waals surface area contributed by atoms with Crippen LogP contribution in [0.3, 0.4) is 0 Å². The van der Waals surface area contributed by atoms with Crippen molar-refractivity contribution in [2.75, 3.05) is 38.0 Å². The van der Waals surface area contributed by atoms with Crippen LogP contribution in [0.4, 0.5) is 5.69 Å². The van der Waals surface area contributed by atoms with Crippen LogP contribution in [-0.4, -0.2) is 61.8 Å². The number of rotatable bonds is 5. The summed E-state index contributed by atoms with van der Waals surface area (Å²) in [6, 6.07) is 6.39. The molecule has 0 bridgehead atoms. The number of piperazine rings is 1. The van der Waals surface area contributed by atoms with Crippen LogP contribution in [0, 0.1) is 0 Å². The third kappa shape index (κ3) is 3.46. The Hall–Kier alpha value is -1.48. The molecule has 132 valence electrons. The van der Waals surface area contributed by atoms with E-state index in [2.05, 4.69) is 17.1 Å². The number of nitrogens with zero attached hydrogens (tertiary/aromatic N) is 2. The third-order valence-electron chi connectivity index (χ3n) is 4.75. The molecule has 1 saturated carbocycles. The Labute approximate surface area is 142 Å². The Bertz CT molecular complexity index is 723. The lowest BCUT2D eigenvalue weighted by atomic mass is 10.2. The van der Waals surface area contributed by atoms with Crippen LogP contribution in [-0.2, 0) is 14.8 Å². The summed E-state index contributed by atoms with van der Waals surface area (Å²) in [5.41, 5.74) is 5.54. The summed E-state index contributed by atoms with van der Waals surface area (Å²) in [4.78, 5) is 14.4. The third-order valence-corrected chi connectivity index (χ3v) is 6.64. The molecule has 24 heavy (non-hydrogen) atoms. The van der Waals surface area contributed by atoms with Crippen molar-refractivity contribution in [3.8, 4) is 0 Å². The summed E-state index contributed by atoms with van der Waals surface area (Å²) < 4.78 is 27.1. The molecule has 1 aromatic rings. The van der Waals surface area contributed by atoms with Crippen molar-refractivity contribution in [2.45, 2.75) is 30.2 Å². The fourth-order valence-corrected chi connectivity index (χ4v) is 4.26. The van der Waals surface area contributed by atoms with Crippen molar-refractivity contribution >= 4 is 21.6 Å². The second kappa shape index (κ2) is 6.44. The highest BCUT2D eigenvalue weighted by atomic mass is 32.2. The van der Waals surface area contributed by atoms with E-state index < -0.39 is 15.6 Å². The first-order valence-corrected chi connectivity index (χ1v) is 9.72. The van der Waals surface area contributed by atoms with Gasteiger partial charge in [0.25, 0.3) is 0 Å². The predicted octanol–water partition coefficient (Wildman–Crippen LogP) is 0.443. The van der Waals surface area contributed by atoms with Gasteiger partial charge in [0, 0.05) is 31.9 Å². The molecule has 1 aliphatic heterocycles. The average molecular weight is 352 g/mol. The standard InChI is InChI=1S/C16H24N4O3S/c1-2-19-8-10-20(11-9-19)24(22,23)14-5-3-4-13(12-14)18-15(21)16(17)6-7-16/h3-5,12H,2,6-11,17H2,1H3,(H,18,21). The van der Waals surface area contributed by atoms with Gasteiger partial charge in [0.15, 0.2) is 0 Å². The maximum absolute atomic E-state index is 12.8. The van der Waals surface area contributed by atoms with Crippen LogP contribution in [0.15, 0.2) is 29.2 Å². The van der Waals surface area contributed by atoms with Crippen molar-refractivity contribution < 1.29 is 13.2 Å². The molecule has 1 aliphatic carbocycles. The minimum Gasteiger partial charge on any atom is -0.324 e. The van der Waals surface area contributed by atoms with Crippen LogP contribution in [0.5, 0.6) is 0 Å². The van der Waals surface area contributed by atoms with E-state index in [1.54, 1.807) is 18.2 Å². The monoisotopic (exact) mass is 352 g/mol. The molecular formula is C16H24N4O3S. The Morgan fingerprint density at radius 3 is 2.50 bits per heavy atom. The lowest BCUT2D eigenvalue weighted by Gasteiger charge is -2.33. The normalized spacial score (nSPS) is 21.4. The molecule has 1 heterocycles. The molecule has 7 nitrogen and oxygen atoms in total. The van der Waals surface area contributed by atoms with Gasteiger partial charge in [-0.25, -0.2) is 8.42 Å². The van der Waals surface area contributed by atoms with Crippen LogP contribution < -0.4 is 11.1 Å². The van der Waals surface area contributed by atoms with Gasteiger partial charge in [0.2, 0.25) is 15.9 Å². The quantitative estimate of drug-likeness (QED) is 0.802.